The zero-order valence-electron chi connectivity index (χ0n) is 12.9. The molecule has 0 N–H and O–H groups in total. The average molecular weight is 389 g/mol. The van der Waals surface area contributed by atoms with Crippen LogP contribution in [0.25, 0.3) is 10.2 Å². The summed E-state index contributed by atoms with van der Waals surface area (Å²) in [5.41, 5.74) is 2.46. The maximum Gasteiger partial charge on any atom is 0.262 e. The molecule has 3 nitrogen and oxygen atoms in total. The lowest BCUT2D eigenvalue weighted by Crippen LogP contribution is -2.22. The maximum absolute atomic E-state index is 12.9. The summed E-state index contributed by atoms with van der Waals surface area (Å²) in [4.78, 5) is 19.8. The molecule has 1 aliphatic carbocycles. The van der Waals surface area contributed by atoms with Crippen LogP contribution in [0.1, 0.15) is 29.3 Å². The first-order valence-electron chi connectivity index (χ1n) is 7.86. The van der Waals surface area contributed by atoms with Gasteiger partial charge in [0.25, 0.3) is 5.56 Å². The van der Waals surface area contributed by atoms with Gasteiger partial charge >= 0.3 is 0 Å². The third-order valence-electron chi connectivity index (χ3n) is 4.55. The molecule has 1 atom stereocenters. The van der Waals surface area contributed by atoms with E-state index < -0.39 is 0 Å². The van der Waals surface area contributed by atoms with Gasteiger partial charge in [-0.3, -0.25) is 9.36 Å². The molecule has 0 unspecified atom stereocenters. The Balaban J connectivity index is 1.78. The fourth-order valence-electron chi connectivity index (χ4n) is 3.27. The number of nitrogens with zero attached hydrogens (tertiary/aromatic N) is 2. The van der Waals surface area contributed by atoms with Crippen molar-refractivity contribution in [2.45, 2.75) is 32.7 Å². The fourth-order valence-corrected chi connectivity index (χ4v) is 4.87. The summed E-state index contributed by atoms with van der Waals surface area (Å²) in [7, 11) is 0. The van der Waals surface area contributed by atoms with Crippen LogP contribution in [0, 0.1) is 5.92 Å². The number of fused-ring (bicyclic) bond motifs is 3. The number of aryl methyl sites for hydroxylation is 1. The van der Waals surface area contributed by atoms with Crippen LogP contribution in [-0.4, -0.2) is 9.55 Å². The van der Waals surface area contributed by atoms with Crippen LogP contribution in [0.3, 0.4) is 0 Å². The van der Waals surface area contributed by atoms with E-state index in [4.69, 9.17) is 0 Å². The SMILES string of the molecule is C[C@H]1CCc2c(sc3ncn(Cc4ccc(Br)cc4)c(=O)c23)C1. The summed E-state index contributed by atoms with van der Waals surface area (Å²) >= 11 is 5.14. The molecule has 0 amide bonds. The van der Waals surface area contributed by atoms with Gasteiger partial charge in [-0.2, -0.15) is 0 Å². The van der Waals surface area contributed by atoms with Gasteiger partial charge in [0.1, 0.15) is 4.83 Å². The molecule has 0 saturated heterocycles. The first kappa shape index (κ1) is 15.1. The van der Waals surface area contributed by atoms with E-state index in [9.17, 15) is 4.79 Å². The second-order valence-electron chi connectivity index (χ2n) is 6.34. The Morgan fingerprint density at radius 3 is 2.91 bits per heavy atom. The molecule has 2 heterocycles. The second kappa shape index (κ2) is 5.87. The molecule has 0 aliphatic heterocycles. The standard InChI is InChI=1S/C18H17BrN2OS/c1-11-2-7-14-15(8-11)23-17-16(14)18(22)21(10-20-17)9-12-3-5-13(19)6-4-12/h3-6,10-11H,2,7-9H2,1H3/t11-/m0/s1. The number of hydrogen-bond acceptors (Lipinski definition) is 3. The molecule has 5 heteroatoms. The van der Waals surface area contributed by atoms with Crippen molar-refractivity contribution in [3.63, 3.8) is 0 Å². The first-order valence-corrected chi connectivity index (χ1v) is 9.47. The molecule has 4 rings (SSSR count). The normalized spacial score (nSPS) is 17.4. The highest BCUT2D eigenvalue weighted by Gasteiger charge is 2.23. The molecule has 0 saturated carbocycles. The third kappa shape index (κ3) is 2.76. The van der Waals surface area contributed by atoms with E-state index >= 15 is 0 Å². The highest BCUT2D eigenvalue weighted by Crippen LogP contribution is 2.35. The number of hydrogen-bond donors (Lipinski definition) is 0. The minimum Gasteiger partial charge on any atom is -0.294 e. The Bertz CT molecular complexity index is 927. The fraction of sp³-hybridized carbons (Fsp3) is 0.333. The molecule has 0 fully saturated rings. The molecule has 1 aromatic carbocycles. The molecule has 23 heavy (non-hydrogen) atoms. The Morgan fingerprint density at radius 2 is 2.13 bits per heavy atom. The zero-order chi connectivity index (χ0) is 16.0. The van der Waals surface area contributed by atoms with E-state index in [1.807, 2.05) is 24.3 Å². The molecule has 0 radical (unpaired) electrons. The molecule has 2 aromatic heterocycles. The van der Waals surface area contributed by atoms with Crippen molar-refractivity contribution in [2.75, 3.05) is 0 Å². The summed E-state index contributed by atoms with van der Waals surface area (Å²) in [6.45, 7) is 2.85. The minimum atomic E-state index is 0.102. The number of benzene rings is 1. The van der Waals surface area contributed by atoms with E-state index in [2.05, 4.69) is 27.8 Å². The van der Waals surface area contributed by atoms with Gasteiger partial charge in [0.15, 0.2) is 0 Å². The Labute approximate surface area is 147 Å². The van der Waals surface area contributed by atoms with Crippen molar-refractivity contribution in [1.29, 1.82) is 0 Å². The van der Waals surface area contributed by atoms with Crippen LogP contribution in [0.15, 0.2) is 39.9 Å². The van der Waals surface area contributed by atoms with E-state index in [-0.39, 0.29) is 5.56 Å². The molecule has 1 aliphatic rings. The zero-order valence-corrected chi connectivity index (χ0v) is 15.3. The average Bonchev–Trinajstić information content (AvgIpc) is 2.90. The lowest BCUT2D eigenvalue weighted by atomic mass is 9.89. The molecular formula is C18H17BrN2OS. The quantitative estimate of drug-likeness (QED) is 0.652. The highest BCUT2D eigenvalue weighted by molar-refractivity contribution is 9.10. The Hall–Kier alpha value is -1.46. The van der Waals surface area contributed by atoms with Crippen LogP contribution in [0.2, 0.25) is 0 Å². The minimum absolute atomic E-state index is 0.102. The van der Waals surface area contributed by atoms with E-state index in [1.165, 1.54) is 16.9 Å². The van der Waals surface area contributed by atoms with E-state index in [1.54, 1.807) is 22.2 Å². The van der Waals surface area contributed by atoms with Crippen LogP contribution < -0.4 is 5.56 Å². The van der Waals surface area contributed by atoms with Crippen molar-refractivity contribution in [1.82, 2.24) is 9.55 Å². The molecule has 0 bridgehead atoms. The van der Waals surface area contributed by atoms with Gasteiger partial charge in [-0.05, 0) is 48.4 Å². The van der Waals surface area contributed by atoms with E-state index in [0.717, 1.165) is 33.1 Å². The summed E-state index contributed by atoms with van der Waals surface area (Å²) in [5.74, 6) is 0.709. The molecule has 0 spiro atoms. The van der Waals surface area contributed by atoms with Crippen LogP contribution in [0.5, 0.6) is 0 Å². The topological polar surface area (TPSA) is 34.9 Å². The summed E-state index contributed by atoms with van der Waals surface area (Å²) in [6.07, 6.45) is 4.95. The highest BCUT2D eigenvalue weighted by atomic mass is 79.9. The maximum atomic E-state index is 12.9. The monoisotopic (exact) mass is 388 g/mol. The van der Waals surface area contributed by atoms with Gasteiger partial charge < -0.3 is 0 Å². The molecular weight excluding hydrogens is 372 g/mol. The Morgan fingerprint density at radius 1 is 1.35 bits per heavy atom. The predicted molar refractivity (Wildman–Crippen MR) is 98.3 cm³/mol. The van der Waals surface area contributed by atoms with Gasteiger partial charge in [0.05, 0.1) is 18.3 Å². The summed E-state index contributed by atoms with van der Waals surface area (Å²) < 4.78 is 2.78. The third-order valence-corrected chi connectivity index (χ3v) is 6.24. The van der Waals surface area contributed by atoms with Gasteiger partial charge in [-0.1, -0.05) is 35.0 Å². The second-order valence-corrected chi connectivity index (χ2v) is 8.34. The van der Waals surface area contributed by atoms with Crippen LogP contribution in [-0.2, 0) is 19.4 Å². The van der Waals surface area contributed by atoms with Crippen molar-refractivity contribution in [3.05, 3.63) is 61.4 Å². The molecule has 3 aromatic rings. The van der Waals surface area contributed by atoms with Gasteiger partial charge in [0, 0.05) is 9.35 Å². The number of halogens is 1. The first-order chi connectivity index (χ1) is 11.1. The van der Waals surface area contributed by atoms with Crippen LogP contribution in [0.4, 0.5) is 0 Å². The van der Waals surface area contributed by atoms with Crippen molar-refractivity contribution in [3.8, 4) is 0 Å². The van der Waals surface area contributed by atoms with E-state index in [0.29, 0.717) is 12.5 Å². The van der Waals surface area contributed by atoms with Gasteiger partial charge in [0.2, 0.25) is 0 Å². The van der Waals surface area contributed by atoms with Crippen LogP contribution >= 0.6 is 27.3 Å². The van der Waals surface area contributed by atoms with Crippen molar-refractivity contribution < 1.29 is 0 Å². The summed E-state index contributed by atoms with van der Waals surface area (Å²) in [6, 6.07) is 8.07. The predicted octanol–water partition coefficient (Wildman–Crippen LogP) is 4.39. The number of rotatable bonds is 2. The van der Waals surface area contributed by atoms with Crippen molar-refractivity contribution in [2.24, 2.45) is 5.92 Å². The molecule has 118 valence electrons. The van der Waals surface area contributed by atoms with Gasteiger partial charge in [-0.25, -0.2) is 4.98 Å². The lowest BCUT2D eigenvalue weighted by Gasteiger charge is -2.17. The summed E-state index contributed by atoms with van der Waals surface area (Å²) in [5, 5.41) is 0.858. The smallest absolute Gasteiger partial charge is 0.262 e. The lowest BCUT2D eigenvalue weighted by molar-refractivity contribution is 0.509. The number of thiophene rings is 1. The van der Waals surface area contributed by atoms with Gasteiger partial charge in [-0.15, -0.1) is 11.3 Å². The van der Waals surface area contributed by atoms with Crippen molar-refractivity contribution >= 4 is 37.5 Å². The Kier molecular flexibility index (Phi) is 3.85. The largest absolute Gasteiger partial charge is 0.294 e. The number of aromatic nitrogens is 2.